The van der Waals surface area contributed by atoms with Crippen LogP contribution < -0.4 is 10.2 Å². The number of aromatic nitrogens is 1. The molecule has 2 aromatic carbocycles. The van der Waals surface area contributed by atoms with Crippen LogP contribution in [0.5, 0.6) is 5.75 Å². The number of nitrogens with zero attached hydrogens (tertiary/aromatic N) is 2. The molecule has 0 aliphatic heterocycles. The standard InChI is InChI=1S/C20H14Cl3N3O2/c21-14-10-16(23)18(11-15(14)22)28-12-19(27)25-26-20(13-6-2-1-3-7-13)17-8-4-5-9-24-17/h1-11H,12H2,(H,25,27)/b26-20+. The molecule has 0 aliphatic carbocycles. The fraction of sp³-hybridized carbons (Fsp3) is 0.0500. The van der Waals surface area contributed by atoms with E-state index in [-0.39, 0.29) is 22.4 Å². The molecule has 0 spiro atoms. The zero-order valence-corrected chi connectivity index (χ0v) is 16.7. The number of hydrogen-bond acceptors (Lipinski definition) is 4. The first-order chi connectivity index (χ1) is 13.5. The normalized spacial score (nSPS) is 11.2. The van der Waals surface area contributed by atoms with Gasteiger partial charge in [-0.3, -0.25) is 9.78 Å². The average Bonchev–Trinajstić information content (AvgIpc) is 2.71. The van der Waals surface area contributed by atoms with E-state index in [1.807, 2.05) is 42.5 Å². The molecule has 0 atom stereocenters. The number of pyridine rings is 1. The molecule has 142 valence electrons. The third-order valence-electron chi connectivity index (χ3n) is 3.58. The molecule has 0 radical (unpaired) electrons. The Labute approximate surface area is 176 Å². The smallest absolute Gasteiger partial charge is 0.277 e. The number of hydrazone groups is 1. The van der Waals surface area contributed by atoms with E-state index in [0.29, 0.717) is 16.4 Å². The van der Waals surface area contributed by atoms with Gasteiger partial charge in [0.15, 0.2) is 6.61 Å². The van der Waals surface area contributed by atoms with Crippen LogP contribution in [0.25, 0.3) is 0 Å². The zero-order chi connectivity index (χ0) is 19.9. The van der Waals surface area contributed by atoms with Gasteiger partial charge in [0.05, 0.1) is 20.8 Å². The number of carbonyl (C=O) groups excluding carboxylic acids is 1. The summed E-state index contributed by atoms with van der Waals surface area (Å²) in [5.41, 5.74) is 4.45. The van der Waals surface area contributed by atoms with Crippen LogP contribution in [0, 0.1) is 0 Å². The third kappa shape index (κ3) is 5.23. The highest BCUT2D eigenvalue weighted by molar-refractivity contribution is 6.43. The van der Waals surface area contributed by atoms with Crippen LogP contribution >= 0.6 is 34.8 Å². The van der Waals surface area contributed by atoms with Crippen molar-refractivity contribution in [3.05, 3.63) is 93.2 Å². The Bertz CT molecular complexity index is 955. The SMILES string of the molecule is O=C(COc1cc(Cl)c(Cl)cc1Cl)N/N=C(\c1ccccc1)c1ccccn1. The average molecular weight is 435 g/mol. The lowest BCUT2D eigenvalue weighted by molar-refractivity contribution is -0.123. The van der Waals surface area contributed by atoms with Crippen molar-refractivity contribution in [1.82, 2.24) is 10.4 Å². The second kappa shape index (κ2) is 9.55. The third-order valence-corrected chi connectivity index (χ3v) is 4.60. The summed E-state index contributed by atoms with van der Waals surface area (Å²) in [4.78, 5) is 16.5. The first kappa shape index (κ1) is 20.1. The summed E-state index contributed by atoms with van der Waals surface area (Å²) in [6.07, 6.45) is 1.66. The minimum atomic E-state index is -0.466. The van der Waals surface area contributed by atoms with Gasteiger partial charge in [-0.1, -0.05) is 71.2 Å². The molecule has 0 bridgehead atoms. The Hall–Kier alpha value is -2.60. The van der Waals surface area contributed by atoms with Gasteiger partial charge in [0.2, 0.25) is 0 Å². The lowest BCUT2D eigenvalue weighted by Gasteiger charge is -2.09. The van der Waals surface area contributed by atoms with Crippen molar-refractivity contribution < 1.29 is 9.53 Å². The van der Waals surface area contributed by atoms with Crippen molar-refractivity contribution in [2.24, 2.45) is 5.10 Å². The van der Waals surface area contributed by atoms with Crippen LogP contribution in [-0.4, -0.2) is 23.2 Å². The van der Waals surface area contributed by atoms with Crippen LogP contribution in [-0.2, 0) is 4.79 Å². The number of benzene rings is 2. The number of halogens is 3. The van der Waals surface area contributed by atoms with Crippen molar-refractivity contribution >= 4 is 46.4 Å². The van der Waals surface area contributed by atoms with Crippen LogP contribution in [0.2, 0.25) is 15.1 Å². The summed E-state index contributed by atoms with van der Waals surface area (Å²) in [7, 11) is 0. The molecule has 1 N–H and O–H groups in total. The van der Waals surface area contributed by atoms with E-state index in [1.165, 1.54) is 12.1 Å². The van der Waals surface area contributed by atoms with Crippen molar-refractivity contribution in [2.45, 2.75) is 0 Å². The van der Waals surface area contributed by atoms with E-state index in [1.54, 1.807) is 12.3 Å². The second-order valence-corrected chi connectivity index (χ2v) is 6.78. The highest BCUT2D eigenvalue weighted by Gasteiger charge is 2.11. The van der Waals surface area contributed by atoms with Crippen LogP contribution in [0.4, 0.5) is 0 Å². The Morgan fingerprint density at radius 1 is 0.964 bits per heavy atom. The molecule has 28 heavy (non-hydrogen) atoms. The maximum atomic E-state index is 12.2. The van der Waals surface area contributed by atoms with Crippen molar-refractivity contribution in [3.8, 4) is 5.75 Å². The molecule has 3 rings (SSSR count). The number of hydrogen-bond donors (Lipinski definition) is 1. The Morgan fingerprint density at radius 2 is 1.68 bits per heavy atom. The molecule has 1 aromatic heterocycles. The topological polar surface area (TPSA) is 63.6 Å². The molecule has 0 aliphatic rings. The van der Waals surface area contributed by atoms with Gasteiger partial charge in [-0.25, -0.2) is 5.43 Å². The van der Waals surface area contributed by atoms with Gasteiger partial charge < -0.3 is 4.74 Å². The lowest BCUT2D eigenvalue weighted by atomic mass is 10.1. The first-order valence-corrected chi connectivity index (χ1v) is 9.28. The van der Waals surface area contributed by atoms with E-state index in [4.69, 9.17) is 39.5 Å². The zero-order valence-electron chi connectivity index (χ0n) is 14.4. The number of carbonyl (C=O) groups is 1. The molecule has 3 aromatic rings. The van der Waals surface area contributed by atoms with Crippen LogP contribution in [0.3, 0.4) is 0 Å². The summed E-state index contributed by atoms with van der Waals surface area (Å²) in [6.45, 7) is -0.300. The summed E-state index contributed by atoms with van der Waals surface area (Å²) in [6, 6.07) is 17.8. The number of rotatable bonds is 6. The molecule has 1 heterocycles. The molecule has 1 amide bonds. The minimum absolute atomic E-state index is 0.253. The van der Waals surface area contributed by atoms with E-state index < -0.39 is 5.91 Å². The van der Waals surface area contributed by atoms with Crippen LogP contribution in [0.15, 0.2) is 72.0 Å². The van der Waals surface area contributed by atoms with E-state index in [9.17, 15) is 4.79 Å². The van der Waals surface area contributed by atoms with E-state index in [2.05, 4.69) is 15.5 Å². The second-order valence-electron chi connectivity index (χ2n) is 5.56. The monoisotopic (exact) mass is 433 g/mol. The van der Waals surface area contributed by atoms with Gasteiger partial charge >= 0.3 is 0 Å². The molecule has 0 saturated carbocycles. The molecule has 5 nitrogen and oxygen atoms in total. The Balaban J connectivity index is 1.72. The summed E-state index contributed by atoms with van der Waals surface area (Å²) < 4.78 is 5.41. The fourth-order valence-electron chi connectivity index (χ4n) is 2.28. The summed E-state index contributed by atoms with van der Waals surface area (Å²) in [5, 5.41) is 5.06. The molecule has 8 heteroatoms. The quantitative estimate of drug-likeness (QED) is 0.338. The van der Waals surface area contributed by atoms with E-state index >= 15 is 0 Å². The molecule has 0 fully saturated rings. The van der Waals surface area contributed by atoms with Gasteiger partial charge in [-0.2, -0.15) is 5.10 Å². The van der Waals surface area contributed by atoms with Gasteiger partial charge in [-0.05, 0) is 18.2 Å². The number of ether oxygens (including phenoxy) is 1. The van der Waals surface area contributed by atoms with Gasteiger partial charge in [0.25, 0.3) is 5.91 Å². The summed E-state index contributed by atoms with van der Waals surface area (Å²) >= 11 is 17.9. The number of nitrogens with one attached hydrogen (secondary N) is 1. The highest BCUT2D eigenvalue weighted by Crippen LogP contribution is 2.33. The molecular formula is C20H14Cl3N3O2. The maximum absolute atomic E-state index is 12.2. The number of amides is 1. The van der Waals surface area contributed by atoms with Crippen LogP contribution in [0.1, 0.15) is 11.3 Å². The first-order valence-electron chi connectivity index (χ1n) is 8.15. The summed E-state index contributed by atoms with van der Waals surface area (Å²) in [5.74, 6) is -0.213. The molecule has 0 unspecified atom stereocenters. The maximum Gasteiger partial charge on any atom is 0.277 e. The van der Waals surface area contributed by atoms with E-state index in [0.717, 1.165) is 5.56 Å². The van der Waals surface area contributed by atoms with Gasteiger partial charge in [0.1, 0.15) is 11.5 Å². The predicted octanol–water partition coefficient (Wildman–Crippen LogP) is 4.99. The van der Waals surface area contributed by atoms with Gasteiger partial charge in [-0.15, -0.1) is 0 Å². The fourth-order valence-corrected chi connectivity index (χ4v) is 2.87. The largest absolute Gasteiger partial charge is 0.482 e. The highest BCUT2D eigenvalue weighted by atomic mass is 35.5. The molecule has 0 saturated heterocycles. The lowest BCUT2D eigenvalue weighted by Crippen LogP contribution is -2.26. The Morgan fingerprint density at radius 3 is 2.39 bits per heavy atom. The van der Waals surface area contributed by atoms with Crippen molar-refractivity contribution in [3.63, 3.8) is 0 Å². The van der Waals surface area contributed by atoms with Crippen molar-refractivity contribution in [2.75, 3.05) is 6.61 Å². The Kier molecular flexibility index (Phi) is 6.87. The molecular weight excluding hydrogens is 421 g/mol. The van der Waals surface area contributed by atoms with Crippen molar-refractivity contribution in [1.29, 1.82) is 0 Å². The minimum Gasteiger partial charge on any atom is -0.482 e. The predicted molar refractivity (Wildman–Crippen MR) is 111 cm³/mol. The van der Waals surface area contributed by atoms with Gasteiger partial charge in [0, 0.05) is 17.8 Å².